The van der Waals surface area contributed by atoms with E-state index in [9.17, 15) is 5.26 Å². The van der Waals surface area contributed by atoms with E-state index >= 15 is 4.39 Å². The SMILES string of the molecule is CC(C)(C)Cn1cc(CNSC2CCC2)c2cc(F)c(-c3cccnc3C#N)cc21. The van der Waals surface area contributed by atoms with Crippen molar-refractivity contribution in [2.45, 2.75) is 58.4 Å². The third-order valence-electron chi connectivity index (χ3n) is 5.47. The van der Waals surface area contributed by atoms with Crippen molar-refractivity contribution < 1.29 is 4.39 Å². The molecule has 3 aromatic rings. The van der Waals surface area contributed by atoms with Gasteiger partial charge in [0.25, 0.3) is 0 Å². The van der Waals surface area contributed by atoms with Crippen molar-refractivity contribution in [3.63, 3.8) is 0 Å². The number of nitrogens with zero attached hydrogens (tertiary/aromatic N) is 3. The van der Waals surface area contributed by atoms with Gasteiger partial charge in [-0.2, -0.15) is 5.26 Å². The molecule has 0 bridgehead atoms. The highest BCUT2D eigenvalue weighted by atomic mass is 32.2. The molecule has 1 aliphatic carbocycles. The van der Waals surface area contributed by atoms with E-state index in [-0.39, 0.29) is 16.9 Å². The van der Waals surface area contributed by atoms with E-state index in [0.29, 0.717) is 22.9 Å². The lowest BCUT2D eigenvalue weighted by Gasteiger charge is -2.24. The number of hydrogen-bond donors (Lipinski definition) is 1. The van der Waals surface area contributed by atoms with E-state index in [1.54, 1.807) is 36.3 Å². The fourth-order valence-corrected chi connectivity index (χ4v) is 4.85. The van der Waals surface area contributed by atoms with Gasteiger partial charge >= 0.3 is 0 Å². The predicted octanol–water partition coefficient (Wildman–Crippen LogP) is 6.05. The summed E-state index contributed by atoms with van der Waals surface area (Å²) in [5, 5.41) is 11.0. The summed E-state index contributed by atoms with van der Waals surface area (Å²) in [7, 11) is 0. The molecular formula is C24H27FN4S. The van der Waals surface area contributed by atoms with Crippen LogP contribution in [-0.2, 0) is 13.1 Å². The van der Waals surface area contributed by atoms with Gasteiger partial charge in [0, 0.05) is 52.8 Å². The van der Waals surface area contributed by atoms with Crippen molar-refractivity contribution in [1.82, 2.24) is 14.3 Å². The van der Waals surface area contributed by atoms with E-state index in [2.05, 4.69) is 47.3 Å². The Morgan fingerprint density at radius 1 is 1.30 bits per heavy atom. The minimum Gasteiger partial charge on any atom is -0.347 e. The Morgan fingerprint density at radius 3 is 2.77 bits per heavy atom. The Hall–Kier alpha value is -2.36. The minimum atomic E-state index is -0.326. The highest BCUT2D eigenvalue weighted by Gasteiger charge is 2.21. The van der Waals surface area contributed by atoms with Crippen molar-refractivity contribution in [2.75, 3.05) is 0 Å². The largest absolute Gasteiger partial charge is 0.347 e. The maximum Gasteiger partial charge on any atom is 0.148 e. The summed E-state index contributed by atoms with van der Waals surface area (Å²) >= 11 is 1.80. The van der Waals surface area contributed by atoms with E-state index < -0.39 is 0 Å². The van der Waals surface area contributed by atoms with Crippen LogP contribution in [-0.4, -0.2) is 14.8 Å². The van der Waals surface area contributed by atoms with E-state index in [4.69, 9.17) is 0 Å². The zero-order valence-electron chi connectivity index (χ0n) is 17.7. The van der Waals surface area contributed by atoms with Crippen LogP contribution in [0, 0.1) is 22.6 Å². The van der Waals surface area contributed by atoms with Crippen LogP contribution in [0.25, 0.3) is 22.0 Å². The molecule has 0 amide bonds. The zero-order chi connectivity index (χ0) is 21.3. The second-order valence-corrected chi connectivity index (χ2v) is 10.4. The average Bonchev–Trinajstić information content (AvgIpc) is 2.97. The van der Waals surface area contributed by atoms with Gasteiger partial charge in [-0.25, -0.2) is 9.37 Å². The molecule has 0 saturated heterocycles. The van der Waals surface area contributed by atoms with Crippen LogP contribution in [0.4, 0.5) is 4.39 Å². The molecule has 2 aromatic heterocycles. The van der Waals surface area contributed by atoms with Crippen molar-refractivity contribution in [3.8, 4) is 17.2 Å². The van der Waals surface area contributed by atoms with Gasteiger partial charge in [0.15, 0.2) is 0 Å². The summed E-state index contributed by atoms with van der Waals surface area (Å²) in [6, 6.07) is 9.06. The molecule has 1 fully saturated rings. The van der Waals surface area contributed by atoms with Gasteiger partial charge < -0.3 is 4.57 Å². The first-order chi connectivity index (χ1) is 14.4. The first-order valence-corrected chi connectivity index (χ1v) is 11.3. The van der Waals surface area contributed by atoms with Gasteiger partial charge in [-0.05, 0) is 48.1 Å². The predicted molar refractivity (Wildman–Crippen MR) is 121 cm³/mol. The van der Waals surface area contributed by atoms with Gasteiger partial charge in [0.1, 0.15) is 17.6 Å². The molecule has 1 N–H and O–H groups in total. The lowest BCUT2D eigenvalue weighted by Crippen LogP contribution is -2.19. The van der Waals surface area contributed by atoms with Crippen molar-refractivity contribution in [3.05, 3.63) is 53.7 Å². The number of hydrogen-bond acceptors (Lipinski definition) is 4. The summed E-state index contributed by atoms with van der Waals surface area (Å²) < 4.78 is 20.9. The van der Waals surface area contributed by atoms with Crippen LogP contribution in [0.5, 0.6) is 0 Å². The number of nitrogens with one attached hydrogen (secondary N) is 1. The number of benzene rings is 1. The molecule has 30 heavy (non-hydrogen) atoms. The van der Waals surface area contributed by atoms with E-state index in [0.717, 1.165) is 23.0 Å². The Morgan fingerprint density at radius 2 is 2.10 bits per heavy atom. The standard InChI is InChI=1S/C24H27FN4S/c1-24(2,3)15-29-14-16(13-28-30-17-6-4-7-17)19-10-21(25)20(11-23(19)29)18-8-5-9-27-22(18)12-26/h5,8-11,14,17,28H,4,6-7,13,15H2,1-3H3. The number of rotatable bonds is 6. The van der Waals surface area contributed by atoms with Gasteiger partial charge in [0.2, 0.25) is 0 Å². The second-order valence-electron chi connectivity index (χ2n) is 9.20. The van der Waals surface area contributed by atoms with Crippen LogP contribution < -0.4 is 4.72 Å². The van der Waals surface area contributed by atoms with Crippen LogP contribution in [0.3, 0.4) is 0 Å². The molecule has 0 atom stereocenters. The Labute approximate surface area is 181 Å². The average molecular weight is 423 g/mol. The molecule has 0 spiro atoms. The topological polar surface area (TPSA) is 53.6 Å². The zero-order valence-corrected chi connectivity index (χ0v) is 18.5. The molecule has 0 unspecified atom stereocenters. The Kier molecular flexibility index (Phi) is 5.86. The Balaban J connectivity index is 1.76. The lowest BCUT2D eigenvalue weighted by molar-refractivity contribution is 0.349. The van der Waals surface area contributed by atoms with Crippen LogP contribution in [0.15, 0.2) is 36.7 Å². The first kappa shape index (κ1) is 20.9. The lowest BCUT2D eigenvalue weighted by atomic mass is 9.96. The molecule has 1 aliphatic rings. The van der Waals surface area contributed by atoms with Crippen LogP contribution in [0.2, 0.25) is 0 Å². The Bertz CT molecular complexity index is 1100. The van der Waals surface area contributed by atoms with Crippen LogP contribution in [0.1, 0.15) is 51.3 Å². The van der Waals surface area contributed by atoms with E-state index in [1.165, 1.54) is 19.3 Å². The molecule has 2 heterocycles. The van der Waals surface area contributed by atoms with Gasteiger partial charge in [-0.15, -0.1) is 0 Å². The highest BCUT2D eigenvalue weighted by molar-refractivity contribution is 7.98. The third-order valence-corrected chi connectivity index (χ3v) is 6.58. The third kappa shape index (κ3) is 4.38. The molecule has 0 radical (unpaired) electrons. The summed E-state index contributed by atoms with van der Waals surface area (Å²) in [5.41, 5.74) is 3.35. The first-order valence-electron chi connectivity index (χ1n) is 10.4. The van der Waals surface area contributed by atoms with E-state index in [1.807, 2.05) is 6.07 Å². The second kappa shape index (κ2) is 8.41. The molecular weight excluding hydrogens is 395 g/mol. The molecule has 4 nitrogen and oxygen atoms in total. The van der Waals surface area contributed by atoms with Crippen molar-refractivity contribution in [1.29, 1.82) is 5.26 Å². The molecule has 0 aliphatic heterocycles. The fourth-order valence-electron chi connectivity index (χ4n) is 3.81. The number of nitriles is 1. The summed E-state index contributed by atoms with van der Waals surface area (Å²) in [6.07, 6.45) is 7.56. The smallest absolute Gasteiger partial charge is 0.148 e. The van der Waals surface area contributed by atoms with Crippen LogP contribution >= 0.6 is 11.9 Å². The summed E-state index contributed by atoms with van der Waals surface area (Å²) in [5.74, 6) is -0.326. The highest BCUT2D eigenvalue weighted by Crippen LogP contribution is 2.34. The van der Waals surface area contributed by atoms with Gasteiger partial charge in [-0.1, -0.05) is 39.1 Å². The monoisotopic (exact) mass is 422 g/mol. The number of fused-ring (bicyclic) bond motifs is 1. The van der Waals surface area contributed by atoms with Crippen molar-refractivity contribution in [2.24, 2.45) is 5.41 Å². The maximum absolute atomic E-state index is 15.2. The summed E-state index contributed by atoms with van der Waals surface area (Å²) in [6.45, 7) is 8.11. The quantitative estimate of drug-likeness (QED) is 0.491. The maximum atomic E-state index is 15.2. The molecule has 156 valence electrons. The molecule has 4 rings (SSSR count). The van der Waals surface area contributed by atoms with Crippen molar-refractivity contribution >= 4 is 22.9 Å². The fraction of sp³-hybridized carbons (Fsp3) is 0.417. The molecule has 1 aromatic carbocycles. The molecule has 6 heteroatoms. The normalized spacial score (nSPS) is 14.6. The number of pyridine rings is 1. The molecule has 1 saturated carbocycles. The number of halogens is 1. The van der Waals surface area contributed by atoms with Gasteiger partial charge in [0.05, 0.1) is 0 Å². The summed E-state index contributed by atoms with van der Waals surface area (Å²) in [4.78, 5) is 4.10. The van der Waals surface area contributed by atoms with Gasteiger partial charge in [-0.3, -0.25) is 4.72 Å². The minimum absolute atomic E-state index is 0.0813. The number of aromatic nitrogens is 2.